The molecule has 1 fully saturated rings. The SMILES string of the molecule is CC(C)(CCO)CNC(=O)NCC(c1ccccc1)N1CCCC1. The highest BCUT2D eigenvalue weighted by Crippen LogP contribution is 2.24. The molecule has 24 heavy (non-hydrogen) atoms. The van der Waals surface area contributed by atoms with Crippen molar-refractivity contribution in [1.82, 2.24) is 15.5 Å². The minimum Gasteiger partial charge on any atom is -0.396 e. The van der Waals surface area contributed by atoms with Gasteiger partial charge in [-0.05, 0) is 43.3 Å². The van der Waals surface area contributed by atoms with Gasteiger partial charge >= 0.3 is 6.03 Å². The Morgan fingerprint density at radius 1 is 1.21 bits per heavy atom. The van der Waals surface area contributed by atoms with Gasteiger partial charge in [0.15, 0.2) is 0 Å². The van der Waals surface area contributed by atoms with Crippen molar-refractivity contribution < 1.29 is 9.90 Å². The predicted octanol–water partition coefficient (Wildman–Crippen LogP) is 2.53. The number of urea groups is 1. The lowest BCUT2D eigenvalue weighted by atomic mass is 9.90. The van der Waals surface area contributed by atoms with Crippen LogP contribution < -0.4 is 10.6 Å². The van der Waals surface area contributed by atoms with Gasteiger partial charge in [-0.1, -0.05) is 44.2 Å². The van der Waals surface area contributed by atoms with Gasteiger partial charge in [0, 0.05) is 19.7 Å². The van der Waals surface area contributed by atoms with Gasteiger partial charge in [-0.25, -0.2) is 4.79 Å². The molecule has 0 spiro atoms. The summed E-state index contributed by atoms with van der Waals surface area (Å²) in [7, 11) is 0. The molecule has 0 bridgehead atoms. The largest absolute Gasteiger partial charge is 0.396 e. The van der Waals surface area contributed by atoms with Crippen LogP contribution in [0.5, 0.6) is 0 Å². The van der Waals surface area contributed by atoms with Gasteiger partial charge in [0.2, 0.25) is 0 Å². The standard InChI is InChI=1S/C19H31N3O2/c1-19(2,10-13-23)15-21-18(24)20-14-17(22-11-6-7-12-22)16-8-4-3-5-9-16/h3-5,8-9,17,23H,6-7,10-15H2,1-2H3,(H2,20,21,24). The maximum atomic E-state index is 12.1. The summed E-state index contributed by atoms with van der Waals surface area (Å²) >= 11 is 0. The fraction of sp³-hybridized carbons (Fsp3) is 0.632. The zero-order valence-electron chi connectivity index (χ0n) is 14.9. The lowest BCUT2D eigenvalue weighted by Gasteiger charge is -2.29. The normalized spacial score (nSPS) is 16.8. The quantitative estimate of drug-likeness (QED) is 0.685. The van der Waals surface area contributed by atoms with Gasteiger partial charge in [0.25, 0.3) is 0 Å². The highest BCUT2D eigenvalue weighted by molar-refractivity contribution is 5.73. The third-order valence-electron chi connectivity index (χ3n) is 4.74. The Morgan fingerprint density at radius 3 is 2.50 bits per heavy atom. The first-order valence-electron chi connectivity index (χ1n) is 8.93. The minimum atomic E-state index is -0.138. The van der Waals surface area contributed by atoms with E-state index in [2.05, 4.69) is 39.8 Å². The monoisotopic (exact) mass is 333 g/mol. The molecular formula is C19H31N3O2. The van der Waals surface area contributed by atoms with Crippen molar-refractivity contribution in [1.29, 1.82) is 0 Å². The molecule has 2 rings (SSSR count). The van der Waals surface area contributed by atoms with Gasteiger partial charge in [0.1, 0.15) is 0 Å². The van der Waals surface area contributed by atoms with E-state index >= 15 is 0 Å². The number of benzene rings is 1. The Labute approximate surface area is 145 Å². The van der Waals surface area contributed by atoms with E-state index < -0.39 is 0 Å². The van der Waals surface area contributed by atoms with Crippen molar-refractivity contribution in [3.63, 3.8) is 0 Å². The fourth-order valence-electron chi connectivity index (χ4n) is 3.15. The summed E-state index contributed by atoms with van der Waals surface area (Å²) in [5, 5.41) is 15.0. The summed E-state index contributed by atoms with van der Waals surface area (Å²) in [5.74, 6) is 0. The van der Waals surface area contributed by atoms with Crippen molar-refractivity contribution >= 4 is 6.03 Å². The van der Waals surface area contributed by atoms with Crippen LogP contribution in [0.15, 0.2) is 30.3 Å². The fourth-order valence-corrected chi connectivity index (χ4v) is 3.15. The van der Waals surface area contributed by atoms with E-state index in [-0.39, 0.29) is 24.1 Å². The first-order chi connectivity index (χ1) is 11.5. The predicted molar refractivity (Wildman–Crippen MR) is 96.9 cm³/mol. The summed E-state index contributed by atoms with van der Waals surface area (Å²) in [4.78, 5) is 14.6. The summed E-state index contributed by atoms with van der Waals surface area (Å²) in [6.45, 7) is 7.57. The third-order valence-corrected chi connectivity index (χ3v) is 4.74. The van der Waals surface area contributed by atoms with E-state index in [0.29, 0.717) is 19.5 Å². The molecule has 0 aromatic heterocycles. The van der Waals surface area contributed by atoms with Crippen LogP contribution in [0.4, 0.5) is 4.79 Å². The Hall–Kier alpha value is -1.59. The summed E-state index contributed by atoms with van der Waals surface area (Å²) in [6, 6.07) is 10.5. The van der Waals surface area contributed by atoms with Crippen LogP contribution >= 0.6 is 0 Å². The van der Waals surface area contributed by atoms with Crippen molar-refractivity contribution in [2.75, 3.05) is 32.8 Å². The molecule has 1 unspecified atom stereocenters. The van der Waals surface area contributed by atoms with E-state index in [0.717, 1.165) is 13.1 Å². The molecular weight excluding hydrogens is 302 g/mol. The molecule has 0 saturated carbocycles. The maximum absolute atomic E-state index is 12.1. The number of likely N-dealkylation sites (tertiary alicyclic amines) is 1. The highest BCUT2D eigenvalue weighted by Gasteiger charge is 2.24. The van der Waals surface area contributed by atoms with Gasteiger partial charge in [-0.15, -0.1) is 0 Å². The molecule has 1 heterocycles. The molecule has 0 aliphatic carbocycles. The van der Waals surface area contributed by atoms with Crippen LogP contribution in [-0.2, 0) is 0 Å². The molecule has 5 nitrogen and oxygen atoms in total. The minimum absolute atomic E-state index is 0.0973. The van der Waals surface area contributed by atoms with E-state index in [9.17, 15) is 4.79 Å². The van der Waals surface area contributed by atoms with Crippen LogP contribution in [-0.4, -0.2) is 48.8 Å². The molecule has 1 aliphatic heterocycles. The van der Waals surface area contributed by atoms with Crippen molar-refractivity contribution in [2.45, 2.75) is 39.2 Å². The van der Waals surface area contributed by atoms with E-state index in [4.69, 9.17) is 5.11 Å². The topological polar surface area (TPSA) is 64.6 Å². The molecule has 3 N–H and O–H groups in total. The number of hydrogen-bond donors (Lipinski definition) is 3. The Kier molecular flexibility index (Phi) is 7.06. The van der Waals surface area contributed by atoms with Crippen LogP contribution in [0.1, 0.15) is 44.7 Å². The van der Waals surface area contributed by atoms with E-state index in [1.165, 1.54) is 18.4 Å². The average Bonchev–Trinajstić information content (AvgIpc) is 3.08. The molecule has 5 heteroatoms. The van der Waals surface area contributed by atoms with Gasteiger partial charge in [-0.3, -0.25) is 4.90 Å². The molecule has 2 amide bonds. The van der Waals surface area contributed by atoms with Crippen LogP contribution in [0, 0.1) is 5.41 Å². The number of carbonyl (C=O) groups is 1. The summed E-state index contributed by atoms with van der Waals surface area (Å²) in [6.07, 6.45) is 3.13. The van der Waals surface area contributed by atoms with Crippen LogP contribution in [0.25, 0.3) is 0 Å². The van der Waals surface area contributed by atoms with Crippen molar-refractivity contribution in [3.8, 4) is 0 Å². The number of rotatable bonds is 8. The van der Waals surface area contributed by atoms with E-state index in [1.807, 2.05) is 19.9 Å². The highest BCUT2D eigenvalue weighted by atomic mass is 16.3. The second kappa shape index (κ2) is 9.04. The first-order valence-corrected chi connectivity index (χ1v) is 8.93. The zero-order chi connectivity index (χ0) is 17.4. The number of aliphatic hydroxyl groups is 1. The van der Waals surface area contributed by atoms with Crippen molar-refractivity contribution in [2.24, 2.45) is 5.41 Å². The number of hydrogen-bond acceptors (Lipinski definition) is 3. The lowest BCUT2D eigenvalue weighted by molar-refractivity contribution is 0.197. The van der Waals surface area contributed by atoms with Gasteiger partial charge < -0.3 is 15.7 Å². The number of amides is 2. The van der Waals surface area contributed by atoms with Crippen LogP contribution in [0.2, 0.25) is 0 Å². The Balaban J connectivity index is 1.87. The lowest BCUT2D eigenvalue weighted by Crippen LogP contribution is -2.44. The second-order valence-corrected chi connectivity index (χ2v) is 7.37. The molecule has 0 radical (unpaired) electrons. The molecule has 134 valence electrons. The molecule has 1 aliphatic rings. The van der Waals surface area contributed by atoms with Gasteiger partial charge in [0.05, 0.1) is 6.04 Å². The molecule has 1 aromatic carbocycles. The smallest absolute Gasteiger partial charge is 0.314 e. The second-order valence-electron chi connectivity index (χ2n) is 7.37. The summed E-state index contributed by atoms with van der Waals surface area (Å²) < 4.78 is 0. The average molecular weight is 333 g/mol. The Bertz CT molecular complexity index is 499. The number of carbonyl (C=O) groups excluding carboxylic acids is 1. The molecule has 1 saturated heterocycles. The zero-order valence-corrected chi connectivity index (χ0v) is 14.9. The molecule has 1 atom stereocenters. The number of aliphatic hydroxyl groups excluding tert-OH is 1. The molecule has 1 aromatic rings. The first kappa shape index (κ1) is 18.7. The van der Waals surface area contributed by atoms with Crippen LogP contribution in [0.3, 0.4) is 0 Å². The van der Waals surface area contributed by atoms with Crippen molar-refractivity contribution in [3.05, 3.63) is 35.9 Å². The Morgan fingerprint density at radius 2 is 1.88 bits per heavy atom. The number of nitrogens with one attached hydrogen (secondary N) is 2. The van der Waals surface area contributed by atoms with E-state index in [1.54, 1.807) is 0 Å². The maximum Gasteiger partial charge on any atom is 0.314 e. The third kappa shape index (κ3) is 5.80. The van der Waals surface area contributed by atoms with Gasteiger partial charge in [-0.2, -0.15) is 0 Å². The number of nitrogens with zero attached hydrogens (tertiary/aromatic N) is 1. The summed E-state index contributed by atoms with van der Waals surface area (Å²) in [5.41, 5.74) is 1.15.